The van der Waals surface area contributed by atoms with Crippen molar-refractivity contribution in [1.82, 2.24) is 4.90 Å². The maximum Gasteiger partial charge on any atom is 0.229 e. The number of amides is 1. The van der Waals surface area contributed by atoms with Crippen molar-refractivity contribution in [3.8, 4) is 0 Å². The smallest absolute Gasteiger partial charge is 0.229 e. The van der Waals surface area contributed by atoms with E-state index in [9.17, 15) is 4.79 Å². The Morgan fingerprint density at radius 1 is 1.11 bits per heavy atom. The van der Waals surface area contributed by atoms with Crippen molar-refractivity contribution >= 4 is 5.91 Å². The van der Waals surface area contributed by atoms with Gasteiger partial charge in [0.25, 0.3) is 0 Å². The van der Waals surface area contributed by atoms with Gasteiger partial charge in [0, 0.05) is 18.7 Å². The summed E-state index contributed by atoms with van der Waals surface area (Å²) in [6.07, 6.45) is 15.7. The van der Waals surface area contributed by atoms with Gasteiger partial charge in [-0.25, -0.2) is 0 Å². The highest BCUT2D eigenvalue weighted by Gasteiger charge is 2.24. The van der Waals surface area contributed by atoms with Crippen LogP contribution < -0.4 is 0 Å². The van der Waals surface area contributed by atoms with Crippen molar-refractivity contribution in [2.24, 2.45) is 5.92 Å². The zero-order valence-corrected chi connectivity index (χ0v) is 11.9. The Kier molecular flexibility index (Phi) is 6.48. The standard InChI is InChI=1S/C16H25NO/c1-4-6-13-15(10-5-2)17(3)16(18)14-11-8-7-9-12-14/h4-6,10,13-14H,7-9,11-12H2,1-3H3. The van der Waals surface area contributed by atoms with Crippen molar-refractivity contribution in [3.05, 3.63) is 36.1 Å². The third-order valence-electron chi connectivity index (χ3n) is 3.47. The minimum Gasteiger partial charge on any atom is -0.315 e. The minimum atomic E-state index is 0.225. The summed E-state index contributed by atoms with van der Waals surface area (Å²) in [5, 5.41) is 0. The van der Waals surface area contributed by atoms with Crippen molar-refractivity contribution in [2.45, 2.75) is 46.0 Å². The molecule has 0 aromatic rings. The van der Waals surface area contributed by atoms with Gasteiger partial charge >= 0.3 is 0 Å². The molecule has 0 aromatic carbocycles. The fourth-order valence-electron chi connectivity index (χ4n) is 2.40. The molecule has 2 nitrogen and oxygen atoms in total. The van der Waals surface area contributed by atoms with Gasteiger partial charge in [0.2, 0.25) is 5.91 Å². The topological polar surface area (TPSA) is 20.3 Å². The van der Waals surface area contributed by atoms with Gasteiger partial charge in [0.1, 0.15) is 0 Å². The Hall–Kier alpha value is -1.31. The van der Waals surface area contributed by atoms with E-state index in [0.717, 1.165) is 18.5 Å². The van der Waals surface area contributed by atoms with Gasteiger partial charge in [-0.1, -0.05) is 37.5 Å². The van der Waals surface area contributed by atoms with Crippen LogP contribution >= 0.6 is 0 Å². The molecule has 0 heterocycles. The average Bonchev–Trinajstić information content (AvgIpc) is 2.43. The fourth-order valence-corrected chi connectivity index (χ4v) is 2.40. The van der Waals surface area contributed by atoms with Crippen molar-refractivity contribution < 1.29 is 4.79 Å². The average molecular weight is 247 g/mol. The van der Waals surface area contributed by atoms with Crippen LogP contribution in [0.5, 0.6) is 0 Å². The quantitative estimate of drug-likeness (QED) is 0.686. The predicted octanol–water partition coefficient (Wildman–Crippen LogP) is 4.06. The second kappa shape index (κ2) is 7.91. The number of likely N-dealkylation sites (N-methyl/N-ethyl adjacent to an activating group) is 1. The van der Waals surface area contributed by atoms with E-state index in [1.54, 1.807) is 4.90 Å². The molecule has 1 amide bonds. The fraction of sp³-hybridized carbons (Fsp3) is 0.562. The number of allylic oxidation sites excluding steroid dienone is 5. The van der Waals surface area contributed by atoms with E-state index < -0.39 is 0 Å². The molecule has 0 saturated heterocycles. The third-order valence-corrected chi connectivity index (χ3v) is 3.47. The predicted molar refractivity (Wildman–Crippen MR) is 77.1 cm³/mol. The summed E-state index contributed by atoms with van der Waals surface area (Å²) in [6.45, 7) is 3.95. The summed E-state index contributed by atoms with van der Waals surface area (Å²) < 4.78 is 0. The van der Waals surface area contributed by atoms with Crippen LogP contribution in [-0.4, -0.2) is 17.9 Å². The summed E-state index contributed by atoms with van der Waals surface area (Å²) in [4.78, 5) is 14.2. The Morgan fingerprint density at radius 3 is 2.33 bits per heavy atom. The van der Waals surface area contributed by atoms with E-state index in [2.05, 4.69) is 0 Å². The molecule has 2 heteroatoms. The monoisotopic (exact) mass is 247 g/mol. The van der Waals surface area contributed by atoms with Gasteiger partial charge in [-0.2, -0.15) is 0 Å². The van der Waals surface area contributed by atoms with Crippen LogP contribution in [-0.2, 0) is 4.79 Å². The van der Waals surface area contributed by atoms with Gasteiger partial charge in [-0.05, 0) is 38.8 Å². The molecule has 0 aliphatic heterocycles. The molecule has 0 aromatic heterocycles. The number of nitrogens with zero attached hydrogens (tertiary/aromatic N) is 1. The van der Waals surface area contributed by atoms with Crippen LogP contribution in [0.15, 0.2) is 36.1 Å². The third kappa shape index (κ3) is 4.17. The lowest BCUT2D eigenvalue weighted by Gasteiger charge is -2.27. The second-order valence-corrected chi connectivity index (χ2v) is 4.85. The van der Waals surface area contributed by atoms with E-state index in [-0.39, 0.29) is 11.8 Å². The first-order valence-corrected chi connectivity index (χ1v) is 6.94. The molecule has 18 heavy (non-hydrogen) atoms. The van der Waals surface area contributed by atoms with E-state index in [1.807, 2.05) is 51.3 Å². The lowest BCUT2D eigenvalue weighted by atomic mass is 9.88. The highest BCUT2D eigenvalue weighted by atomic mass is 16.2. The highest BCUT2D eigenvalue weighted by Crippen LogP contribution is 2.26. The zero-order chi connectivity index (χ0) is 13.4. The molecule has 0 N–H and O–H groups in total. The lowest BCUT2D eigenvalue weighted by molar-refractivity contribution is -0.133. The van der Waals surface area contributed by atoms with Gasteiger partial charge in [-0.15, -0.1) is 0 Å². The van der Waals surface area contributed by atoms with E-state index in [4.69, 9.17) is 0 Å². The SMILES string of the molecule is CC=CC=C(C=CC)N(C)C(=O)C1CCCCC1. The molecule has 0 spiro atoms. The van der Waals surface area contributed by atoms with Gasteiger partial charge in [0.05, 0.1) is 0 Å². The molecular weight excluding hydrogens is 222 g/mol. The zero-order valence-electron chi connectivity index (χ0n) is 11.9. The first kappa shape index (κ1) is 14.7. The molecular formula is C16H25NO. The molecule has 1 aliphatic carbocycles. The van der Waals surface area contributed by atoms with Crippen LogP contribution in [0.2, 0.25) is 0 Å². The summed E-state index contributed by atoms with van der Waals surface area (Å²) in [6, 6.07) is 0. The number of carbonyl (C=O) groups is 1. The molecule has 0 bridgehead atoms. The number of hydrogen-bond donors (Lipinski definition) is 0. The minimum absolute atomic E-state index is 0.225. The first-order valence-electron chi connectivity index (χ1n) is 6.94. The molecule has 1 saturated carbocycles. The molecule has 1 aliphatic rings. The van der Waals surface area contributed by atoms with E-state index in [1.165, 1.54) is 19.3 Å². The first-order chi connectivity index (χ1) is 8.70. The second-order valence-electron chi connectivity index (χ2n) is 4.85. The molecule has 0 radical (unpaired) electrons. The number of rotatable bonds is 4. The summed E-state index contributed by atoms with van der Waals surface area (Å²) >= 11 is 0. The normalized spacial score (nSPS) is 18.7. The molecule has 100 valence electrons. The van der Waals surface area contributed by atoms with Crippen molar-refractivity contribution in [2.75, 3.05) is 7.05 Å². The molecule has 0 atom stereocenters. The molecule has 1 fully saturated rings. The van der Waals surface area contributed by atoms with Crippen LogP contribution in [0.4, 0.5) is 0 Å². The lowest BCUT2D eigenvalue weighted by Crippen LogP contribution is -2.33. The van der Waals surface area contributed by atoms with Crippen LogP contribution in [0.3, 0.4) is 0 Å². The Balaban J connectivity index is 2.75. The van der Waals surface area contributed by atoms with Crippen molar-refractivity contribution in [1.29, 1.82) is 0 Å². The maximum absolute atomic E-state index is 12.4. The van der Waals surface area contributed by atoms with Crippen LogP contribution in [0.1, 0.15) is 46.0 Å². The van der Waals surface area contributed by atoms with Gasteiger partial charge in [0.15, 0.2) is 0 Å². The Bertz CT molecular complexity index is 346. The molecule has 0 unspecified atom stereocenters. The van der Waals surface area contributed by atoms with E-state index >= 15 is 0 Å². The van der Waals surface area contributed by atoms with Crippen molar-refractivity contribution in [3.63, 3.8) is 0 Å². The Labute approximate surface area is 111 Å². The maximum atomic E-state index is 12.4. The Morgan fingerprint density at radius 2 is 1.78 bits per heavy atom. The van der Waals surface area contributed by atoms with E-state index in [0.29, 0.717) is 0 Å². The highest BCUT2D eigenvalue weighted by molar-refractivity contribution is 5.80. The van der Waals surface area contributed by atoms with Crippen LogP contribution in [0, 0.1) is 5.92 Å². The summed E-state index contributed by atoms with van der Waals surface area (Å²) in [7, 11) is 1.88. The molecule has 1 rings (SSSR count). The number of hydrogen-bond acceptors (Lipinski definition) is 1. The van der Waals surface area contributed by atoms with Gasteiger partial charge < -0.3 is 4.90 Å². The number of carbonyl (C=O) groups excluding carboxylic acids is 1. The van der Waals surface area contributed by atoms with Gasteiger partial charge in [-0.3, -0.25) is 4.79 Å². The summed E-state index contributed by atoms with van der Waals surface area (Å²) in [5.74, 6) is 0.492. The van der Waals surface area contributed by atoms with Crippen LogP contribution in [0.25, 0.3) is 0 Å². The summed E-state index contributed by atoms with van der Waals surface area (Å²) in [5.41, 5.74) is 0.964. The largest absolute Gasteiger partial charge is 0.315 e.